The summed E-state index contributed by atoms with van der Waals surface area (Å²) < 4.78 is 23.3. The number of hydrogen-bond acceptors (Lipinski definition) is 17. The molecule has 0 aliphatic carbocycles. The molecule has 18 heteroatoms. The summed E-state index contributed by atoms with van der Waals surface area (Å²) in [5.41, 5.74) is 5.28. The number of fused-ring (bicyclic) bond motifs is 2. The first-order valence-corrected chi connectivity index (χ1v) is 23.2. The Hall–Kier alpha value is -3.44. The smallest absolute Gasteiger partial charge is 0.308 e. The van der Waals surface area contributed by atoms with Gasteiger partial charge in [0, 0.05) is 43.6 Å². The molecule has 0 radical (unpaired) electrons. The number of carbonyl (C=O) groups excluding carboxylic acids is 2. The molecule has 2 fully saturated rings. The molecule has 18 nitrogen and oxygen atoms in total. The van der Waals surface area contributed by atoms with E-state index >= 15 is 0 Å². The van der Waals surface area contributed by atoms with Crippen LogP contribution >= 0.6 is 0 Å². The molecule has 0 aromatic heterocycles. The number of hydrogen-bond donors (Lipinski definition) is 12. The van der Waals surface area contributed by atoms with Gasteiger partial charge >= 0.3 is 5.97 Å². The van der Waals surface area contributed by atoms with Gasteiger partial charge in [-0.15, -0.1) is 0 Å². The van der Waals surface area contributed by atoms with Crippen molar-refractivity contribution in [1.29, 1.82) is 0 Å². The highest BCUT2D eigenvalue weighted by Crippen LogP contribution is 2.38. The molecule has 3 aliphatic heterocycles. The molecule has 17 atom stereocenters. The van der Waals surface area contributed by atoms with Gasteiger partial charge in [-0.1, -0.05) is 92.0 Å². The number of amides is 1. The zero-order chi connectivity index (χ0) is 49.9. The van der Waals surface area contributed by atoms with Crippen LogP contribution in [0, 0.1) is 11.8 Å². The summed E-state index contributed by atoms with van der Waals surface area (Å²) in [5.74, 6) is -5.08. The molecule has 3 heterocycles. The Kier molecular flexibility index (Phi) is 24.4. The minimum atomic E-state index is -2.26. The molecule has 0 aromatic carbocycles. The van der Waals surface area contributed by atoms with Gasteiger partial charge in [0.05, 0.1) is 86.0 Å². The van der Waals surface area contributed by atoms with Crippen molar-refractivity contribution in [1.82, 2.24) is 5.32 Å². The van der Waals surface area contributed by atoms with E-state index in [9.17, 15) is 60.7 Å². The molecule has 2 saturated heterocycles. The highest BCUT2D eigenvalue weighted by atomic mass is 16.7. The third-order valence-electron chi connectivity index (χ3n) is 11.6. The quantitative estimate of drug-likeness (QED) is 0.175. The fourth-order valence-corrected chi connectivity index (χ4v) is 7.96. The Bertz CT molecular complexity index is 1710. The van der Waals surface area contributed by atoms with Crippen LogP contribution < -0.4 is 11.1 Å². The number of cyclic esters (lactones) is 1. The normalized spacial score (nSPS) is 42.5. The van der Waals surface area contributed by atoms with Gasteiger partial charge in [-0.2, -0.15) is 0 Å². The van der Waals surface area contributed by atoms with E-state index < -0.39 is 140 Å². The maximum absolute atomic E-state index is 13.8. The van der Waals surface area contributed by atoms with Crippen molar-refractivity contribution in [3.63, 3.8) is 0 Å². The maximum atomic E-state index is 13.8. The number of esters is 1. The summed E-state index contributed by atoms with van der Waals surface area (Å²) >= 11 is 0. The molecule has 67 heavy (non-hydrogen) atoms. The third kappa shape index (κ3) is 21.4. The van der Waals surface area contributed by atoms with Gasteiger partial charge < -0.3 is 81.1 Å². The van der Waals surface area contributed by atoms with Crippen LogP contribution in [0.25, 0.3) is 0 Å². The van der Waals surface area contributed by atoms with Crippen LogP contribution in [-0.2, 0) is 28.5 Å². The third-order valence-corrected chi connectivity index (χ3v) is 11.6. The van der Waals surface area contributed by atoms with Gasteiger partial charge in [-0.05, 0) is 47.0 Å². The van der Waals surface area contributed by atoms with Crippen molar-refractivity contribution in [3.05, 3.63) is 85.1 Å². The van der Waals surface area contributed by atoms with E-state index in [0.717, 1.165) is 0 Å². The number of aliphatic hydroxyl groups is 10. The van der Waals surface area contributed by atoms with Crippen LogP contribution in [0.15, 0.2) is 85.1 Å². The van der Waals surface area contributed by atoms with E-state index in [1.165, 1.54) is 0 Å². The van der Waals surface area contributed by atoms with Crippen LogP contribution in [0.1, 0.15) is 92.4 Å². The molecule has 3 rings (SSSR count). The molecular formula is C49H78N2O16. The standard InChI is InChI=1S/C49H78N2O16/c1-30-18-16-14-12-10-8-6-7-9-11-13-15-17-19-35(66-47-45(61)44(50)40(59)29-64-47)26-41-43(46(62)51-48(3,4)5)39(58)28-49(63,67-41)27-34(54)24-38(57)36(55)21-20-32(52)23-33(53)25-42(60)65-31(2)22-37(30)56/h6-19,30-41,43-45,47,52-59,61,63H,20-29,50H2,1-5H3,(H,51,62)/b7-6+,10-8+,11-9+,14-12+,15-13+,18-16+,19-17+/t30-,31-,32?,33?,34?,35?,36?,37-,38?,39-,40+,41-,43+,44-,45-,47-,49?/m0/s1. The number of aliphatic hydroxyl groups excluding tert-OH is 9. The molecule has 2 bridgehead atoms. The van der Waals surface area contributed by atoms with Crippen LogP contribution in [0.4, 0.5) is 0 Å². The zero-order valence-corrected chi connectivity index (χ0v) is 39.4. The zero-order valence-electron chi connectivity index (χ0n) is 39.4. The average molecular weight is 951 g/mol. The lowest BCUT2D eigenvalue weighted by Gasteiger charge is -2.46. The van der Waals surface area contributed by atoms with Gasteiger partial charge in [0.15, 0.2) is 12.1 Å². The van der Waals surface area contributed by atoms with E-state index in [1.54, 1.807) is 82.4 Å². The molecule has 1 amide bonds. The summed E-state index contributed by atoms with van der Waals surface area (Å²) in [7, 11) is 0. The van der Waals surface area contributed by atoms with Gasteiger partial charge in [0.25, 0.3) is 0 Å². The van der Waals surface area contributed by atoms with Crippen LogP contribution in [0.3, 0.4) is 0 Å². The number of nitrogens with one attached hydrogen (secondary N) is 1. The first-order chi connectivity index (χ1) is 31.5. The Morgan fingerprint density at radius 1 is 0.701 bits per heavy atom. The van der Waals surface area contributed by atoms with Gasteiger partial charge in [0.1, 0.15) is 12.2 Å². The molecular weight excluding hydrogens is 873 g/mol. The minimum absolute atomic E-state index is 0.0878. The first-order valence-electron chi connectivity index (χ1n) is 23.2. The highest BCUT2D eigenvalue weighted by Gasteiger charge is 2.51. The number of ether oxygens (including phenoxy) is 4. The number of carbonyl (C=O) groups is 2. The summed E-state index contributed by atoms with van der Waals surface area (Å²) in [4.78, 5) is 26.3. The lowest BCUT2D eigenvalue weighted by atomic mass is 9.81. The predicted octanol–water partition coefficient (Wildman–Crippen LogP) is 0.907. The van der Waals surface area contributed by atoms with Crippen molar-refractivity contribution < 1.29 is 79.6 Å². The van der Waals surface area contributed by atoms with Crippen LogP contribution in [0.5, 0.6) is 0 Å². The second-order valence-electron chi connectivity index (χ2n) is 19.1. The van der Waals surface area contributed by atoms with Gasteiger partial charge in [-0.25, -0.2) is 0 Å². The Balaban J connectivity index is 1.90. The minimum Gasteiger partial charge on any atom is -0.462 e. The largest absolute Gasteiger partial charge is 0.462 e. The van der Waals surface area contributed by atoms with E-state index in [-0.39, 0.29) is 44.6 Å². The second kappa shape index (κ2) is 28.3. The molecule has 7 unspecified atom stereocenters. The fraction of sp³-hybridized carbons (Fsp3) is 0.673. The number of allylic oxidation sites excluding steroid dienone is 12. The highest BCUT2D eigenvalue weighted by molar-refractivity contribution is 5.80. The van der Waals surface area contributed by atoms with Crippen molar-refractivity contribution in [2.75, 3.05) is 6.61 Å². The SMILES string of the molecule is C[C@H]1C[C@H](O)[C@@H](C)/C=C/C=C/C=C/C=C/C=C/C=C/C=C/C(O[C@@H]2OC[C@@H](O)[C@H](N)[C@@H]2O)C[C@@H]2OC(O)(CC(O)CC(O)C(O)CCC(O)CC(O)CC(=O)O1)C[C@H](O)[C@H]2C(=O)NC(C)(C)C. The molecule has 0 saturated carbocycles. The van der Waals surface area contributed by atoms with Crippen LogP contribution in [-0.4, -0.2) is 166 Å². The monoisotopic (exact) mass is 951 g/mol. The van der Waals surface area contributed by atoms with Crippen molar-refractivity contribution >= 4 is 11.9 Å². The molecule has 3 aliphatic rings. The van der Waals surface area contributed by atoms with E-state index in [4.69, 9.17) is 24.7 Å². The Morgan fingerprint density at radius 2 is 1.28 bits per heavy atom. The molecule has 0 spiro atoms. The van der Waals surface area contributed by atoms with E-state index in [1.807, 2.05) is 37.3 Å². The molecule has 13 N–H and O–H groups in total. The predicted molar refractivity (Wildman–Crippen MR) is 248 cm³/mol. The van der Waals surface area contributed by atoms with Crippen molar-refractivity contribution in [2.45, 2.75) is 189 Å². The summed E-state index contributed by atoms with van der Waals surface area (Å²) in [6, 6.07) is -1.10. The molecule has 380 valence electrons. The Labute approximate surface area is 394 Å². The lowest BCUT2D eigenvalue weighted by molar-refractivity contribution is -0.304. The van der Waals surface area contributed by atoms with Crippen molar-refractivity contribution in [2.24, 2.45) is 17.6 Å². The molecule has 0 aromatic rings. The fourth-order valence-electron chi connectivity index (χ4n) is 7.96. The van der Waals surface area contributed by atoms with Gasteiger partial charge in [-0.3, -0.25) is 9.59 Å². The van der Waals surface area contributed by atoms with Crippen molar-refractivity contribution in [3.8, 4) is 0 Å². The van der Waals surface area contributed by atoms with Crippen LogP contribution in [0.2, 0.25) is 0 Å². The second-order valence-corrected chi connectivity index (χ2v) is 19.1. The van der Waals surface area contributed by atoms with E-state index in [2.05, 4.69) is 5.32 Å². The summed E-state index contributed by atoms with van der Waals surface area (Å²) in [6.07, 6.45) is 6.03. The van der Waals surface area contributed by atoms with E-state index in [0.29, 0.717) is 0 Å². The van der Waals surface area contributed by atoms with Gasteiger partial charge in [0.2, 0.25) is 5.91 Å². The summed E-state index contributed by atoms with van der Waals surface area (Å²) in [5, 5.41) is 111. The Morgan fingerprint density at radius 3 is 1.88 bits per heavy atom. The topological polar surface area (TPSA) is 311 Å². The lowest BCUT2D eigenvalue weighted by Crippen LogP contribution is -2.60. The number of rotatable bonds is 3. The number of nitrogens with two attached hydrogens (primary N) is 1. The maximum Gasteiger partial charge on any atom is 0.308 e. The summed E-state index contributed by atoms with van der Waals surface area (Å²) in [6.45, 7) is 8.47. The first kappa shape index (κ1) is 57.9. The average Bonchev–Trinajstić information content (AvgIpc) is 3.21.